The van der Waals surface area contributed by atoms with Crippen LogP contribution in [0.25, 0.3) is 0 Å². The summed E-state index contributed by atoms with van der Waals surface area (Å²) in [5.41, 5.74) is 4.00. The molecule has 21 heavy (non-hydrogen) atoms. The lowest BCUT2D eigenvalue weighted by atomic mass is 9.85. The minimum atomic E-state index is 0.309. The van der Waals surface area contributed by atoms with E-state index in [1.54, 1.807) is 0 Å². The van der Waals surface area contributed by atoms with Crippen molar-refractivity contribution in [2.45, 2.75) is 5.92 Å². The van der Waals surface area contributed by atoms with Crippen LogP contribution >= 0.6 is 0 Å². The van der Waals surface area contributed by atoms with Gasteiger partial charge in [0.05, 0.1) is 0 Å². The molecule has 0 spiro atoms. The van der Waals surface area contributed by atoms with Crippen molar-refractivity contribution in [2.24, 2.45) is 0 Å². The van der Waals surface area contributed by atoms with Gasteiger partial charge >= 0.3 is 0 Å². The average molecular weight is 278 g/mol. The molecule has 0 atom stereocenters. The summed E-state index contributed by atoms with van der Waals surface area (Å²) in [6.45, 7) is 0. The van der Waals surface area contributed by atoms with Crippen LogP contribution in [0.5, 0.6) is 0 Å². The smallest absolute Gasteiger partial charge is 0.0339 e. The molecule has 0 aliphatic rings. The van der Waals surface area contributed by atoms with Crippen LogP contribution in [-0.2, 0) is 0 Å². The Morgan fingerprint density at radius 2 is 0.667 bits per heavy atom. The molecule has 0 radical (unpaired) electrons. The van der Waals surface area contributed by atoms with E-state index >= 15 is 0 Å². The number of rotatable bonds is 3. The quantitative estimate of drug-likeness (QED) is 0.407. The van der Waals surface area contributed by atoms with Gasteiger partial charge in [-0.1, -0.05) is 91.0 Å². The highest BCUT2D eigenvalue weighted by Gasteiger charge is 2.15. The predicted octanol–water partition coefficient (Wildman–Crippen LogP) is 4.88. The van der Waals surface area contributed by atoms with E-state index in [9.17, 15) is 0 Å². The summed E-state index contributed by atoms with van der Waals surface area (Å²) in [4.78, 5) is 0. The number of hydrogen-bond acceptors (Lipinski definition) is 2. The first-order valence-electron chi connectivity index (χ1n) is 6.80. The second-order valence-electron chi connectivity index (χ2n) is 4.67. The highest BCUT2D eigenvalue weighted by molar-refractivity contribution is 5.42. The van der Waals surface area contributed by atoms with Gasteiger partial charge in [0.25, 0.3) is 0 Å². The van der Waals surface area contributed by atoms with Crippen LogP contribution in [-0.4, -0.2) is 10.5 Å². The van der Waals surface area contributed by atoms with Crippen molar-refractivity contribution >= 4 is 0 Å². The van der Waals surface area contributed by atoms with Crippen LogP contribution in [0.2, 0.25) is 0 Å². The topological polar surface area (TPSA) is 40.5 Å². The molecule has 3 aromatic rings. The Balaban J connectivity index is 0.000000774. The summed E-state index contributed by atoms with van der Waals surface area (Å²) in [7, 11) is 0. The minimum Gasteiger partial charge on any atom is -0.255 e. The van der Waals surface area contributed by atoms with Crippen LogP contribution in [0, 0.1) is 0 Å². The lowest BCUT2D eigenvalue weighted by Gasteiger charge is -2.18. The van der Waals surface area contributed by atoms with E-state index in [4.69, 9.17) is 10.5 Å². The van der Waals surface area contributed by atoms with Crippen molar-refractivity contribution < 1.29 is 10.5 Å². The van der Waals surface area contributed by atoms with Crippen molar-refractivity contribution in [3.8, 4) is 0 Å². The lowest BCUT2D eigenvalue weighted by Crippen LogP contribution is -2.02. The normalized spacial score (nSPS) is 9.86. The van der Waals surface area contributed by atoms with Gasteiger partial charge in [-0.15, -0.1) is 0 Å². The monoisotopic (exact) mass is 278 g/mol. The van der Waals surface area contributed by atoms with Crippen molar-refractivity contribution in [1.29, 1.82) is 0 Å². The molecule has 0 aliphatic heterocycles. The third-order valence-corrected chi connectivity index (χ3v) is 3.40. The molecular formula is C19H18O2. The highest BCUT2D eigenvalue weighted by atomic mass is 17.0. The molecule has 3 aromatic carbocycles. The number of benzene rings is 3. The fourth-order valence-electron chi connectivity index (χ4n) is 2.51. The fourth-order valence-corrected chi connectivity index (χ4v) is 2.51. The van der Waals surface area contributed by atoms with Crippen LogP contribution in [0.4, 0.5) is 0 Å². The highest BCUT2D eigenvalue weighted by Crippen LogP contribution is 2.31. The second kappa shape index (κ2) is 8.00. The maximum Gasteiger partial charge on any atom is 0.0339 e. The molecule has 0 heterocycles. The first kappa shape index (κ1) is 15.0. The SMILES string of the molecule is OO.c1ccc(C(c2ccccc2)c2ccccc2)cc1. The van der Waals surface area contributed by atoms with E-state index < -0.39 is 0 Å². The van der Waals surface area contributed by atoms with Crippen molar-refractivity contribution in [1.82, 2.24) is 0 Å². The maximum absolute atomic E-state index is 6.00. The van der Waals surface area contributed by atoms with Gasteiger partial charge in [-0.05, 0) is 16.7 Å². The van der Waals surface area contributed by atoms with Gasteiger partial charge in [-0.2, -0.15) is 0 Å². The first-order chi connectivity index (χ1) is 10.4. The molecular weight excluding hydrogens is 260 g/mol. The third kappa shape index (κ3) is 3.78. The molecule has 2 heteroatoms. The fraction of sp³-hybridized carbons (Fsp3) is 0.0526. The molecule has 0 saturated heterocycles. The van der Waals surface area contributed by atoms with Gasteiger partial charge in [0.15, 0.2) is 0 Å². The van der Waals surface area contributed by atoms with E-state index in [0.29, 0.717) is 5.92 Å². The molecule has 0 bridgehead atoms. The molecule has 0 amide bonds. The largest absolute Gasteiger partial charge is 0.255 e. The molecule has 0 aromatic heterocycles. The summed E-state index contributed by atoms with van der Waals surface area (Å²) in [6, 6.07) is 32.0. The molecule has 0 fully saturated rings. The molecule has 106 valence electrons. The molecule has 2 N–H and O–H groups in total. The van der Waals surface area contributed by atoms with Gasteiger partial charge in [0.1, 0.15) is 0 Å². The van der Waals surface area contributed by atoms with Crippen LogP contribution < -0.4 is 0 Å². The van der Waals surface area contributed by atoms with E-state index in [1.807, 2.05) is 0 Å². The lowest BCUT2D eigenvalue weighted by molar-refractivity contribution is -0.176. The van der Waals surface area contributed by atoms with Crippen LogP contribution in [0.15, 0.2) is 91.0 Å². The Bertz CT molecular complexity index is 528. The Labute approximate surface area is 124 Å². The molecule has 0 aliphatic carbocycles. The van der Waals surface area contributed by atoms with E-state index in [1.165, 1.54) is 16.7 Å². The zero-order valence-electron chi connectivity index (χ0n) is 11.6. The van der Waals surface area contributed by atoms with Gasteiger partial charge in [-0.3, -0.25) is 10.5 Å². The van der Waals surface area contributed by atoms with Gasteiger partial charge in [0, 0.05) is 5.92 Å². The maximum atomic E-state index is 6.00. The second-order valence-corrected chi connectivity index (χ2v) is 4.67. The van der Waals surface area contributed by atoms with Crippen molar-refractivity contribution in [3.63, 3.8) is 0 Å². The minimum absolute atomic E-state index is 0.309. The van der Waals surface area contributed by atoms with E-state index in [0.717, 1.165) is 0 Å². The number of hydrogen-bond donors (Lipinski definition) is 2. The molecule has 0 unspecified atom stereocenters. The standard InChI is InChI=1S/C19H16.H2O2/c1-4-10-16(11-5-1)19(17-12-6-2-7-13-17)18-14-8-3-9-15-18;1-2/h1-15,19H;1-2H. The van der Waals surface area contributed by atoms with Gasteiger partial charge in [-0.25, -0.2) is 0 Å². The summed E-state index contributed by atoms with van der Waals surface area (Å²) in [5, 5.41) is 12.0. The van der Waals surface area contributed by atoms with Crippen LogP contribution in [0.3, 0.4) is 0 Å². The van der Waals surface area contributed by atoms with E-state index in [2.05, 4.69) is 91.0 Å². The summed E-state index contributed by atoms with van der Waals surface area (Å²) in [6.07, 6.45) is 0. The van der Waals surface area contributed by atoms with Crippen LogP contribution in [0.1, 0.15) is 22.6 Å². The van der Waals surface area contributed by atoms with Gasteiger partial charge < -0.3 is 0 Å². The Morgan fingerprint density at radius 3 is 0.905 bits per heavy atom. The first-order valence-corrected chi connectivity index (χ1v) is 6.80. The Morgan fingerprint density at radius 1 is 0.429 bits per heavy atom. The Hall–Kier alpha value is -2.42. The summed E-state index contributed by atoms with van der Waals surface area (Å²) < 4.78 is 0. The average Bonchev–Trinajstić information content (AvgIpc) is 2.60. The van der Waals surface area contributed by atoms with Crippen molar-refractivity contribution in [3.05, 3.63) is 108 Å². The third-order valence-electron chi connectivity index (χ3n) is 3.40. The molecule has 2 nitrogen and oxygen atoms in total. The zero-order valence-corrected chi connectivity index (χ0v) is 11.6. The van der Waals surface area contributed by atoms with Crippen molar-refractivity contribution in [2.75, 3.05) is 0 Å². The summed E-state index contributed by atoms with van der Waals surface area (Å²) in [5.74, 6) is 0.309. The zero-order chi connectivity index (χ0) is 14.9. The molecule has 0 saturated carbocycles. The van der Waals surface area contributed by atoms with E-state index in [-0.39, 0.29) is 0 Å². The Kier molecular flexibility index (Phi) is 5.71. The van der Waals surface area contributed by atoms with Gasteiger partial charge in [0.2, 0.25) is 0 Å². The summed E-state index contributed by atoms with van der Waals surface area (Å²) >= 11 is 0. The predicted molar refractivity (Wildman–Crippen MR) is 85.5 cm³/mol. The molecule has 3 rings (SSSR count).